The molecule has 2 aromatic rings. The Hall–Kier alpha value is -2.49. The standard InChI is InChI=1S/C13H14F3N5O2/c1-2-9(7-22)18-12(23)10-6-21(20-19-10)11-4-3-8(5-17-11)13(14,15)16/h3-6,9,22H,2,7H2,1H3,(H,18,23). The van der Waals surface area contributed by atoms with Gasteiger partial charge in [-0.2, -0.15) is 13.2 Å². The van der Waals surface area contributed by atoms with Crippen molar-refractivity contribution < 1.29 is 23.1 Å². The Morgan fingerprint density at radius 3 is 2.70 bits per heavy atom. The van der Waals surface area contributed by atoms with Crippen LogP contribution in [0.3, 0.4) is 0 Å². The summed E-state index contributed by atoms with van der Waals surface area (Å²) in [6, 6.07) is 1.58. The molecule has 0 aliphatic rings. The van der Waals surface area contributed by atoms with Crippen LogP contribution in [0.5, 0.6) is 0 Å². The van der Waals surface area contributed by atoms with E-state index in [-0.39, 0.29) is 18.1 Å². The van der Waals surface area contributed by atoms with E-state index >= 15 is 0 Å². The molecule has 1 atom stereocenters. The minimum absolute atomic E-state index is 0.0291. The molecule has 7 nitrogen and oxygen atoms in total. The van der Waals surface area contributed by atoms with Gasteiger partial charge in [0.2, 0.25) is 0 Å². The summed E-state index contributed by atoms with van der Waals surface area (Å²) in [6.07, 6.45) is -2.01. The first-order valence-electron chi connectivity index (χ1n) is 6.72. The number of halogens is 3. The zero-order valence-electron chi connectivity index (χ0n) is 12.1. The molecule has 10 heteroatoms. The molecule has 23 heavy (non-hydrogen) atoms. The summed E-state index contributed by atoms with van der Waals surface area (Å²) in [5.41, 5.74) is -0.910. The van der Waals surface area contributed by atoms with Crippen molar-refractivity contribution in [1.29, 1.82) is 0 Å². The highest BCUT2D eigenvalue weighted by molar-refractivity contribution is 5.92. The quantitative estimate of drug-likeness (QED) is 0.859. The molecule has 2 N–H and O–H groups in total. The van der Waals surface area contributed by atoms with Crippen molar-refractivity contribution >= 4 is 5.91 Å². The van der Waals surface area contributed by atoms with Crippen LogP contribution in [0.15, 0.2) is 24.5 Å². The first-order chi connectivity index (χ1) is 10.8. The maximum Gasteiger partial charge on any atom is 0.417 e. The second-order valence-electron chi connectivity index (χ2n) is 4.71. The highest BCUT2D eigenvalue weighted by atomic mass is 19.4. The van der Waals surface area contributed by atoms with E-state index in [1.807, 2.05) is 0 Å². The smallest absolute Gasteiger partial charge is 0.394 e. The van der Waals surface area contributed by atoms with Crippen LogP contribution in [0, 0.1) is 0 Å². The Balaban J connectivity index is 2.14. The number of carbonyl (C=O) groups excluding carboxylic acids is 1. The molecule has 124 valence electrons. The predicted octanol–water partition coefficient (Wildman–Crippen LogP) is 1.18. The zero-order valence-corrected chi connectivity index (χ0v) is 12.1. The van der Waals surface area contributed by atoms with Crippen LogP contribution in [0.1, 0.15) is 29.4 Å². The number of nitrogens with one attached hydrogen (secondary N) is 1. The van der Waals surface area contributed by atoms with Crippen molar-refractivity contribution in [3.8, 4) is 5.82 Å². The van der Waals surface area contributed by atoms with E-state index in [1.165, 1.54) is 6.20 Å². The molecule has 2 heterocycles. The van der Waals surface area contributed by atoms with Crippen molar-refractivity contribution in [2.45, 2.75) is 25.6 Å². The summed E-state index contributed by atoms with van der Waals surface area (Å²) in [4.78, 5) is 15.5. The van der Waals surface area contributed by atoms with Gasteiger partial charge in [-0.15, -0.1) is 5.10 Å². The number of aliphatic hydroxyl groups is 1. The average Bonchev–Trinajstić information content (AvgIpc) is 3.01. The molecule has 0 spiro atoms. The number of amides is 1. The molecule has 2 rings (SSSR count). The van der Waals surface area contributed by atoms with Gasteiger partial charge in [0.1, 0.15) is 0 Å². The lowest BCUT2D eigenvalue weighted by Gasteiger charge is -2.12. The number of carbonyl (C=O) groups is 1. The molecule has 0 radical (unpaired) electrons. The molecule has 0 fully saturated rings. The normalized spacial score (nSPS) is 12.9. The Morgan fingerprint density at radius 2 is 2.17 bits per heavy atom. The maximum absolute atomic E-state index is 12.5. The minimum atomic E-state index is -4.47. The zero-order chi connectivity index (χ0) is 17.0. The number of hydrogen-bond donors (Lipinski definition) is 2. The van der Waals surface area contributed by atoms with Crippen molar-refractivity contribution in [2.75, 3.05) is 6.61 Å². The lowest BCUT2D eigenvalue weighted by molar-refractivity contribution is -0.137. The Labute approximate surface area is 129 Å². The van der Waals surface area contributed by atoms with Gasteiger partial charge in [-0.3, -0.25) is 4.79 Å². The Bertz CT molecular complexity index is 665. The number of aromatic nitrogens is 4. The monoisotopic (exact) mass is 329 g/mol. The second-order valence-corrected chi connectivity index (χ2v) is 4.71. The number of hydrogen-bond acceptors (Lipinski definition) is 5. The summed E-state index contributed by atoms with van der Waals surface area (Å²) < 4.78 is 38.5. The lowest BCUT2D eigenvalue weighted by Crippen LogP contribution is -2.37. The number of aliphatic hydroxyl groups excluding tert-OH is 1. The molecule has 0 saturated heterocycles. The molecule has 0 aliphatic heterocycles. The number of nitrogens with zero attached hydrogens (tertiary/aromatic N) is 4. The largest absolute Gasteiger partial charge is 0.417 e. The molecule has 0 saturated carbocycles. The Kier molecular flexibility index (Phi) is 4.94. The van der Waals surface area contributed by atoms with Crippen molar-refractivity contribution in [1.82, 2.24) is 25.3 Å². The number of pyridine rings is 1. The van der Waals surface area contributed by atoms with E-state index < -0.39 is 23.7 Å². The van der Waals surface area contributed by atoms with E-state index in [0.717, 1.165) is 16.8 Å². The van der Waals surface area contributed by atoms with Crippen molar-refractivity contribution in [3.05, 3.63) is 35.8 Å². The fourth-order valence-electron chi connectivity index (χ4n) is 1.71. The van der Waals surface area contributed by atoms with Gasteiger partial charge in [0.05, 0.1) is 24.4 Å². The SMILES string of the molecule is CCC(CO)NC(=O)c1cn(-c2ccc(C(F)(F)F)cn2)nn1. The highest BCUT2D eigenvalue weighted by Crippen LogP contribution is 2.28. The van der Waals surface area contributed by atoms with Crippen LogP contribution in [0.25, 0.3) is 5.82 Å². The maximum atomic E-state index is 12.5. The van der Waals surface area contributed by atoms with Gasteiger partial charge in [0.25, 0.3) is 5.91 Å². The van der Waals surface area contributed by atoms with Crippen molar-refractivity contribution in [3.63, 3.8) is 0 Å². The lowest BCUT2D eigenvalue weighted by atomic mass is 10.2. The predicted molar refractivity (Wildman–Crippen MR) is 72.8 cm³/mol. The molecule has 1 unspecified atom stereocenters. The molecular weight excluding hydrogens is 315 g/mol. The molecule has 0 aromatic carbocycles. The first-order valence-corrected chi connectivity index (χ1v) is 6.72. The number of rotatable bonds is 5. The van der Waals surface area contributed by atoms with Crippen LogP contribution in [0.2, 0.25) is 0 Å². The van der Waals surface area contributed by atoms with Crippen molar-refractivity contribution in [2.24, 2.45) is 0 Å². The van der Waals surface area contributed by atoms with Gasteiger partial charge < -0.3 is 10.4 Å². The molecule has 0 aliphatic carbocycles. The molecule has 2 aromatic heterocycles. The minimum Gasteiger partial charge on any atom is -0.394 e. The van der Waals surface area contributed by atoms with Gasteiger partial charge >= 0.3 is 6.18 Å². The van der Waals surface area contributed by atoms with Gasteiger partial charge in [-0.05, 0) is 18.6 Å². The van der Waals surface area contributed by atoms with Crippen LogP contribution in [0.4, 0.5) is 13.2 Å². The third-order valence-electron chi connectivity index (χ3n) is 3.08. The van der Waals surface area contributed by atoms with Gasteiger partial charge in [0, 0.05) is 6.20 Å². The van der Waals surface area contributed by atoms with Gasteiger partial charge in [-0.25, -0.2) is 9.67 Å². The second kappa shape index (κ2) is 6.73. The Morgan fingerprint density at radius 1 is 1.43 bits per heavy atom. The van der Waals surface area contributed by atoms with Crippen LogP contribution in [-0.2, 0) is 6.18 Å². The number of alkyl halides is 3. The average molecular weight is 329 g/mol. The summed E-state index contributed by atoms with van der Waals surface area (Å²) in [7, 11) is 0. The summed E-state index contributed by atoms with van der Waals surface area (Å²) >= 11 is 0. The van der Waals surface area contributed by atoms with E-state index in [9.17, 15) is 18.0 Å². The molecule has 0 bridgehead atoms. The van der Waals surface area contributed by atoms with Crippen LogP contribution < -0.4 is 5.32 Å². The van der Waals surface area contributed by atoms with E-state index in [1.54, 1.807) is 6.92 Å². The fourth-order valence-corrected chi connectivity index (χ4v) is 1.71. The highest BCUT2D eigenvalue weighted by Gasteiger charge is 2.30. The van der Waals surface area contributed by atoms with Gasteiger partial charge in [-0.1, -0.05) is 12.1 Å². The molecular formula is C13H14F3N5O2. The summed E-state index contributed by atoms with van der Waals surface area (Å²) in [5.74, 6) is -0.442. The van der Waals surface area contributed by atoms with E-state index in [2.05, 4.69) is 20.6 Å². The third-order valence-corrected chi connectivity index (χ3v) is 3.08. The first kappa shape index (κ1) is 16.9. The van der Waals surface area contributed by atoms with E-state index in [4.69, 9.17) is 5.11 Å². The van der Waals surface area contributed by atoms with Gasteiger partial charge in [0.15, 0.2) is 11.5 Å². The summed E-state index contributed by atoms with van der Waals surface area (Å²) in [6.45, 7) is 1.58. The summed E-state index contributed by atoms with van der Waals surface area (Å²) in [5, 5.41) is 18.9. The van der Waals surface area contributed by atoms with Crippen LogP contribution >= 0.6 is 0 Å². The van der Waals surface area contributed by atoms with E-state index in [0.29, 0.717) is 12.6 Å². The third kappa shape index (κ3) is 4.03. The molecule has 1 amide bonds. The fraction of sp³-hybridized carbons (Fsp3) is 0.385. The van der Waals surface area contributed by atoms with Crippen LogP contribution in [-0.4, -0.2) is 43.6 Å². The topological polar surface area (TPSA) is 92.9 Å².